The van der Waals surface area contributed by atoms with Crippen molar-refractivity contribution in [1.29, 1.82) is 0 Å². The van der Waals surface area contributed by atoms with Crippen molar-refractivity contribution in [1.82, 2.24) is 9.88 Å². The average molecular weight is 473 g/mol. The standard InChI is InChI=1S/C24H25ClN4O2.ClH/c1-16-2-4-18-21(6-5-19(25)24(18)26-16)29-12-10-28(11-13-29)9-8-17-3-7-22-20(14-17)27-23(30)15-31-22;/h2-7,14H,8-13,15H2,1H3,(H,27,30);1H. The van der Waals surface area contributed by atoms with Crippen LogP contribution in [0.4, 0.5) is 11.4 Å². The van der Waals surface area contributed by atoms with Crippen molar-refractivity contribution in [3.05, 3.63) is 58.7 Å². The lowest BCUT2D eigenvalue weighted by atomic mass is 10.1. The number of aromatic nitrogens is 1. The number of aryl methyl sites for hydroxylation is 1. The third-order valence-corrected chi connectivity index (χ3v) is 6.34. The number of amides is 1. The van der Waals surface area contributed by atoms with Crippen LogP contribution in [-0.4, -0.2) is 55.1 Å². The molecule has 0 radical (unpaired) electrons. The molecule has 2 aromatic carbocycles. The molecule has 2 aliphatic rings. The van der Waals surface area contributed by atoms with Gasteiger partial charge in [0.1, 0.15) is 5.75 Å². The number of benzene rings is 2. The van der Waals surface area contributed by atoms with Crippen LogP contribution in [0.15, 0.2) is 42.5 Å². The number of nitrogens with one attached hydrogen (secondary N) is 1. The number of pyridine rings is 1. The van der Waals surface area contributed by atoms with E-state index in [0.717, 1.165) is 67.2 Å². The molecule has 5 rings (SSSR count). The van der Waals surface area contributed by atoms with E-state index < -0.39 is 0 Å². The Morgan fingerprint density at radius 3 is 2.72 bits per heavy atom. The van der Waals surface area contributed by atoms with E-state index in [1.54, 1.807) is 0 Å². The summed E-state index contributed by atoms with van der Waals surface area (Å²) in [6, 6.07) is 14.3. The summed E-state index contributed by atoms with van der Waals surface area (Å²) in [4.78, 5) is 21.1. The molecule has 0 aliphatic carbocycles. The van der Waals surface area contributed by atoms with Crippen molar-refractivity contribution in [2.75, 3.05) is 49.5 Å². The predicted octanol–water partition coefficient (Wildman–Crippen LogP) is 4.31. The molecule has 168 valence electrons. The third kappa shape index (κ3) is 4.63. The Hall–Kier alpha value is -2.54. The molecule has 3 heterocycles. The first kappa shape index (κ1) is 22.6. The van der Waals surface area contributed by atoms with Gasteiger partial charge in [-0.3, -0.25) is 14.7 Å². The van der Waals surface area contributed by atoms with Crippen molar-refractivity contribution in [2.24, 2.45) is 0 Å². The monoisotopic (exact) mass is 472 g/mol. The van der Waals surface area contributed by atoms with Crippen molar-refractivity contribution >= 4 is 52.2 Å². The minimum absolute atomic E-state index is 0. The topological polar surface area (TPSA) is 57.7 Å². The van der Waals surface area contributed by atoms with Crippen LogP contribution >= 0.6 is 24.0 Å². The maximum Gasteiger partial charge on any atom is 0.262 e. The highest BCUT2D eigenvalue weighted by Gasteiger charge is 2.20. The molecule has 1 aromatic heterocycles. The Kier molecular flexibility index (Phi) is 6.74. The van der Waals surface area contributed by atoms with E-state index in [4.69, 9.17) is 16.3 Å². The smallest absolute Gasteiger partial charge is 0.262 e. The fourth-order valence-corrected chi connectivity index (χ4v) is 4.53. The number of anilines is 2. The Balaban J connectivity index is 0.00000245. The molecule has 0 spiro atoms. The molecule has 1 N–H and O–H groups in total. The largest absolute Gasteiger partial charge is 0.482 e. The number of rotatable bonds is 4. The van der Waals surface area contributed by atoms with Gasteiger partial charge in [0, 0.05) is 49.5 Å². The number of carbonyl (C=O) groups excluding carboxylic acids is 1. The van der Waals surface area contributed by atoms with Crippen LogP contribution in [0.2, 0.25) is 5.02 Å². The summed E-state index contributed by atoms with van der Waals surface area (Å²) < 4.78 is 5.44. The summed E-state index contributed by atoms with van der Waals surface area (Å²) >= 11 is 6.39. The summed E-state index contributed by atoms with van der Waals surface area (Å²) in [6.45, 7) is 7.03. The van der Waals surface area contributed by atoms with Crippen molar-refractivity contribution in [3.63, 3.8) is 0 Å². The quantitative estimate of drug-likeness (QED) is 0.612. The van der Waals surface area contributed by atoms with Gasteiger partial charge in [0.15, 0.2) is 6.61 Å². The summed E-state index contributed by atoms with van der Waals surface area (Å²) in [6.07, 6.45) is 0.941. The molecule has 0 saturated carbocycles. The molecule has 32 heavy (non-hydrogen) atoms. The van der Waals surface area contributed by atoms with Gasteiger partial charge in [-0.25, -0.2) is 0 Å². The van der Waals surface area contributed by atoms with E-state index in [-0.39, 0.29) is 24.9 Å². The number of piperazine rings is 1. The molecule has 0 bridgehead atoms. The van der Waals surface area contributed by atoms with E-state index in [1.165, 1.54) is 11.3 Å². The van der Waals surface area contributed by atoms with Crippen molar-refractivity contribution in [3.8, 4) is 5.75 Å². The first-order valence-electron chi connectivity index (χ1n) is 10.7. The van der Waals surface area contributed by atoms with Crippen molar-refractivity contribution < 1.29 is 9.53 Å². The molecule has 3 aromatic rings. The number of halogens is 2. The zero-order valence-corrected chi connectivity index (χ0v) is 19.5. The summed E-state index contributed by atoms with van der Waals surface area (Å²) in [7, 11) is 0. The second-order valence-corrected chi connectivity index (χ2v) is 8.57. The maximum absolute atomic E-state index is 11.5. The molecule has 2 aliphatic heterocycles. The zero-order valence-electron chi connectivity index (χ0n) is 17.9. The summed E-state index contributed by atoms with van der Waals surface area (Å²) in [5.74, 6) is 0.651. The first-order chi connectivity index (χ1) is 15.1. The van der Waals surface area contributed by atoms with Crippen LogP contribution in [0.1, 0.15) is 11.3 Å². The zero-order chi connectivity index (χ0) is 21.4. The predicted molar refractivity (Wildman–Crippen MR) is 132 cm³/mol. The molecule has 8 heteroatoms. The van der Waals surface area contributed by atoms with E-state index in [0.29, 0.717) is 5.02 Å². The van der Waals surface area contributed by atoms with Gasteiger partial charge in [-0.1, -0.05) is 17.7 Å². The number of hydrogen-bond acceptors (Lipinski definition) is 5. The van der Waals surface area contributed by atoms with Gasteiger partial charge >= 0.3 is 0 Å². The highest BCUT2D eigenvalue weighted by molar-refractivity contribution is 6.35. The number of fused-ring (bicyclic) bond motifs is 2. The SMILES string of the molecule is Cc1ccc2c(N3CCN(CCc4ccc5c(c4)NC(=O)CO5)CC3)ccc(Cl)c2n1.Cl. The number of carbonyl (C=O) groups is 1. The van der Waals surface area contributed by atoms with Crippen LogP contribution in [0.5, 0.6) is 5.75 Å². The minimum atomic E-state index is -0.0964. The lowest BCUT2D eigenvalue weighted by Crippen LogP contribution is -2.47. The van der Waals surface area contributed by atoms with Gasteiger partial charge < -0.3 is 15.0 Å². The lowest BCUT2D eigenvalue weighted by Gasteiger charge is -2.36. The van der Waals surface area contributed by atoms with Gasteiger partial charge in [0.2, 0.25) is 0 Å². The molecule has 6 nitrogen and oxygen atoms in total. The molecule has 1 amide bonds. The van der Waals surface area contributed by atoms with Crippen LogP contribution in [0.3, 0.4) is 0 Å². The molecule has 1 fully saturated rings. The van der Waals surface area contributed by atoms with Crippen LogP contribution in [-0.2, 0) is 11.2 Å². The fraction of sp³-hybridized carbons (Fsp3) is 0.333. The lowest BCUT2D eigenvalue weighted by molar-refractivity contribution is -0.118. The van der Waals surface area contributed by atoms with Gasteiger partial charge in [-0.05, 0) is 55.3 Å². The first-order valence-corrected chi connectivity index (χ1v) is 11.0. The van der Waals surface area contributed by atoms with Crippen LogP contribution in [0.25, 0.3) is 10.9 Å². The highest BCUT2D eigenvalue weighted by Crippen LogP contribution is 2.32. The number of hydrogen-bond donors (Lipinski definition) is 1. The molecule has 1 saturated heterocycles. The average Bonchev–Trinajstić information content (AvgIpc) is 2.78. The second kappa shape index (κ2) is 9.53. The Labute approximate surface area is 198 Å². The second-order valence-electron chi connectivity index (χ2n) is 8.16. The van der Waals surface area contributed by atoms with E-state index in [1.807, 2.05) is 31.2 Å². The van der Waals surface area contributed by atoms with Crippen molar-refractivity contribution in [2.45, 2.75) is 13.3 Å². The molecular weight excluding hydrogens is 447 g/mol. The van der Waals surface area contributed by atoms with Gasteiger partial charge in [0.25, 0.3) is 5.91 Å². The summed E-state index contributed by atoms with van der Waals surface area (Å²) in [5.41, 5.74) is 5.04. The Morgan fingerprint density at radius 2 is 1.91 bits per heavy atom. The van der Waals surface area contributed by atoms with Crippen LogP contribution in [0, 0.1) is 6.92 Å². The van der Waals surface area contributed by atoms with Gasteiger partial charge in [-0.2, -0.15) is 0 Å². The van der Waals surface area contributed by atoms with Crippen LogP contribution < -0.4 is 15.0 Å². The number of ether oxygens (including phenoxy) is 1. The number of nitrogens with zero attached hydrogens (tertiary/aromatic N) is 3. The third-order valence-electron chi connectivity index (χ3n) is 6.03. The van der Waals surface area contributed by atoms with E-state index >= 15 is 0 Å². The van der Waals surface area contributed by atoms with E-state index in [2.05, 4.69) is 38.3 Å². The van der Waals surface area contributed by atoms with Gasteiger partial charge in [-0.15, -0.1) is 12.4 Å². The normalized spacial score (nSPS) is 16.2. The highest BCUT2D eigenvalue weighted by atomic mass is 35.5. The summed E-state index contributed by atoms with van der Waals surface area (Å²) in [5, 5.41) is 4.70. The minimum Gasteiger partial charge on any atom is -0.482 e. The molecule has 0 unspecified atom stereocenters. The fourth-order valence-electron chi connectivity index (χ4n) is 4.33. The molecule has 0 atom stereocenters. The maximum atomic E-state index is 11.5. The Morgan fingerprint density at radius 1 is 1.09 bits per heavy atom. The van der Waals surface area contributed by atoms with E-state index in [9.17, 15) is 4.79 Å². The van der Waals surface area contributed by atoms with Gasteiger partial charge in [0.05, 0.1) is 16.2 Å². The Bertz CT molecular complexity index is 1150. The molecular formula is C24H26Cl2N4O2.